The third-order valence-corrected chi connectivity index (χ3v) is 6.64. The number of carbonyl (C=O) groups excluding carboxylic acids is 3. The second-order valence-corrected chi connectivity index (χ2v) is 12.9. The van der Waals surface area contributed by atoms with E-state index in [9.17, 15) is 19.5 Å². The average molecular weight is 569 g/mol. The third-order valence-electron chi connectivity index (χ3n) is 6.64. The molecule has 0 aliphatic carbocycles. The predicted molar refractivity (Wildman–Crippen MR) is 161 cm³/mol. The fraction of sp³-hybridized carbons (Fsp3) is 0.545. The Morgan fingerprint density at radius 3 is 1.88 bits per heavy atom. The molecule has 0 heterocycles. The number of benzene rings is 2. The summed E-state index contributed by atoms with van der Waals surface area (Å²) in [7, 11) is 0. The second kappa shape index (κ2) is 14.4. The smallest absolute Gasteiger partial charge is 0.408 e. The van der Waals surface area contributed by atoms with E-state index in [0.717, 1.165) is 22.3 Å². The summed E-state index contributed by atoms with van der Waals surface area (Å²) in [5, 5.41) is 16.7. The van der Waals surface area contributed by atoms with Crippen LogP contribution in [-0.2, 0) is 42.9 Å². The maximum Gasteiger partial charge on any atom is 0.408 e. The summed E-state index contributed by atoms with van der Waals surface area (Å²) in [6, 6.07) is 11.1. The summed E-state index contributed by atoms with van der Waals surface area (Å²) in [6.07, 6.45) is -0.246. The molecule has 0 saturated carbocycles. The molecule has 8 nitrogen and oxygen atoms in total. The number of rotatable bonds is 11. The van der Waals surface area contributed by atoms with E-state index in [0.29, 0.717) is 6.42 Å². The minimum atomic E-state index is -1.05. The van der Waals surface area contributed by atoms with E-state index in [-0.39, 0.29) is 42.1 Å². The van der Waals surface area contributed by atoms with Crippen LogP contribution < -0.4 is 10.6 Å². The Bertz CT molecular complexity index is 1140. The number of nitrogens with one attached hydrogen (secondary N) is 2. The van der Waals surface area contributed by atoms with Crippen LogP contribution in [0.1, 0.15) is 91.0 Å². The highest BCUT2D eigenvalue weighted by Gasteiger charge is 2.31. The Kier molecular flexibility index (Phi) is 11.8. The number of ether oxygens (including phenoxy) is 2. The molecule has 226 valence electrons. The molecule has 0 bridgehead atoms. The minimum absolute atomic E-state index is 0.0430. The molecule has 2 atom stereocenters. The molecule has 0 aliphatic rings. The molecule has 0 spiro atoms. The zero-order valence-electron chi connectivity index (χ0n) is 26.1. The topological polar surface area (TPSA) is 114 Å². The Labute approximate surface area is 245 Å². The van der Waals surface area contributed by atoms with Gasteiger partial charge in [-0.3, -0.25) is 4.79 Å². The number of phenols is 1. The lowest BCUT2D eigenvalue weighted by Gasteiger charge is -2.29. The average Bonchev–Trinajstić information content (AvgIpc) is 2.86. The van der Waals surface area contributed by atoms with Crippen LogP contribution in [0.15, 0.2) is 42.5 Å². The SMILES string of the molecule is CCOC(=O)C(CC(C)C)NC(=O)C(Cc1cc(C(C)(C)C)c(O)c(C(C)(C)C)c1)NC(=O)OCc1ccccc1. The van der Waals surface area contributed by atoms with Crippen molar-refractivity contribution in [2.75, 3.05) is 6.61 Å². The van der Waals surface area contributed by atoms with E-state index in [1.54, 1.807) is 6.92 Å². The van der Waals surface area contributed by atoms with Crippen molar-refractivity contribution in [1.82, 2.24) is 10.6 Å². The third kappa shape index (κ3) is 10.4. The molecule has 0 aromatic heterocycles. The molecule has 2 unspecified atom stereocenters. The summed E-state index contributed by atoms with van der Waals surface area (Å²) in [5.41, 5.74) is 2.33. The maximum atomic E-state index is 13.6. The summed E-state index contributed by atoms with van der Waals surface area (Å²) in [4.78, 5) is 39.2. The van der Waals surface area contributed by atoms with Crippen LogP contribution in [0.25, 0.3) is 0 Å². The second-order valence-electron chi connectivity index (χ2n) is 12.9. The van der Waals surface area contributed by atoms with E-state index in [1.165, 1.54) is 0 Å². The van der Waals surface area contributed by atoms with Crippen LogP contribution in [-0.4, -0.2) is 41.8 Å². The Morgan fingerprint density at radius 1 is 0.829 bits per heavy atom. The van der Waals surface area contributed by atoms with Gasteiger partial charge in [-0.15, -0.1) is 0 Å². The van der Waals surface area contributed by atoms with Gasteiger partial charge in [0.1, 0.15) is 24.4 Å². The van der Waals surface area contributed by atoms with Crippen molar-refractivity contribution in [3.8, 4) is 5.75 Å². The molecule has 2 aromatic carbocycles. The Balaban J connectivity index is 2.43. The number of hydrogen-bond acceptors (Lipinski definition) is 6. The van der Waals surface area contributed by atoms with Crippen LogP contribution in [0.5, 0.6) is 5.75 Å². The quantitative estimate of drug-likeness (QED) is 0.290. The van der Waals surface area contributed by atoms with Gasteiger partial charge in [-0.2, -0.15) is 0 Å². The van der Waals surface area contributed by atoms with Crippen molar-refractivity contribution < 1.29 is 29.0 Å². The lowest BCUT2D eigenvalue weighted by Crippen LogP contribution is -2.53. The number of carbonyl (C=O) groups is 3. The van der Waals surface area contributed by atoms with Crippen LogP contribution in [0.4, 0.5) is 4.79 Å². The molecule has 0 fully saturated rings. The lowest BCUT2D eigenvalue weighted by atomic mass is 9.78. The maximum absolute atomic E-state index is 13.6. The number of phenolic OH excluding ortho intramolecular Hbond substituents is 1. The molecule has 2 rings (SSSR count). The summed E-state index contributed by atoms with van der Waals surface area (Å²) in [5.74, 6) is -0.699. The Hall–Kier alpha value is -3.55. The first-order valence-electron chi connectivity index (χ1n) is 14.3. The molecule has 41 heavy (non-hydrogen) atoms. The van der Waals surface area contributed by atoms with Crippen molar-refractivity contribution in [3.63, 3.8) is 0 Å². The number of aromatic hydroxyl groups is 1. The van der Waals surface area contributed by atoms with Gasteiger partial charge < -0.3 is 25.2 Å². The highest BCUT2D eigenvalue weighted by atomic mass is 16.5. The summed E-state index contributed by atoms with van der Waals surface area (Å²) >= 11 is 0. The normalized spacial score (nSPS) is 13.3. The fourth-order valence-electron chi connectivity index (χ4n) is 4.51. The van der Waals surface area contributed by atoms with Crippen molar-refractivity contribution >= 4 is 18.0 Å². The van der Waals surface area contributed by atoms with Gasteiger partial charge in [0.05, 0.1) is 6.61 Å². The van der Waals surface area contributed by atoms with Gasteiger partial charge in [0.2, 0.25) is 5.91 Å². The standard InChI is InChI=1S/C33H48N2O6/c1-10-40-30(38)27(16-21(2)3)34-29(37)26(35-31(39)41-20-22-14-12-11-13-15-22)19-23-17-24(32(4,5)6)28(36)25(18-23)33(7,8)9/h11-15,17-18,21,26-27,36H,10,16,19-20H2,1-9H3,(H,34,37)(H,35,39). The zero-order chi connectivity index (χ0) is 31.0. The molecular weight excluding hydrogens is 520 g/mol. The molecule has 0 aliphatic heterocycles. The predicted octanol–water partition coefficient (Wildman–Crippen LogP) is 5.92. The van der Waals surface area contributed by atoms with Crippen molar-refractivity contribution in [2.45, 2.75) is 105 Å². The van der Waals surface area contributed by atoms with E-state index in [2.05, 4.69) is 10.6 Å². The molecule has 3 N–H and O–H groups in total. The van der Waals surface area contributed by atoms with Crippen LogP contribution in [0, 0.1) is 5.92 Å². The minimum Gasteiger partial charge on any atom is -0.507 e. The summed E-state index contributed by atoms with van der Waals surface area (Å²) in [6.45, 7) is 17.9. The van der Waals surface area contributed by atoms with Gasteiger partial charge in [-0.1, -0.05) is 97.9 Å². The van der Waals surface area contributed by atoms with Crippen LogP contribution in [0.3, 0.4) is 0 Å². The first-order chi connectivity index (χ1) is 19.0. The van der Waals surface area contributed by atoms with Gasteiger partial charge in [-0.25, -0.2) is 9.59 Å². The van der Waals surface area contributed by atoms with E-state index in [1.807, 2.05) is 97.9 Å². The number of alkyl carbamates (subject to hydrolysis) is 1. The largest absolute Gasteiger partial charge is 0.507 e. The Morgan fingerprint density at radius 2 is 1.39 bits per heavy atom. The van der Waals surface area contributed by atoms with Crippen molar-refractivity contribution in [2.24, 2.45) is 5.92 Å². The van der Waals surface area contributed by atoms with Gasteiger partial charge >= 0.3 is 12.1 Å². The number of hydrogen-bond donors (Lipinski definition) is 3. The van der Waals surface area contributed by atoms with Gasteiger partial charge in [0, 0.05) is 6.42 Å². The molecule has 0 radical (unpaired) electrons. The summed E-state index contributed by atoms with van der Waals surface area (Å²) < 4.78 is 10.6. The molecule has 0 saturated heterocycles. The highest BCUT2D eigenvalue weighted by Crippen LogP contribution is 2.40. The van der Waals surface area contributed by atoms with E-state index < -0.39 is 30.1 Å². The lowest BCUT2D eigenvalue weighted by molar-refractivity contribution is -0.148. The number of esters is 1. The van der Waals surface area contributed by atoms with E-state index >= 15 is 0 Å². The van der Waals surface area contributed by atoms with Gasteiger partial charge in [-0.05, 0) is 52.3 Å². The van der Waals surface area contributed by atoms with Crippen LogP contribution >= 0.6 is 0 Å². The molecule has 2 aromatic rings. The first kappa shape index (κ1) is 33.7. The van der Waals surface area contributed by atoms with Gasteiger partial charge in [0.15, 0.2) is 0 Å². The molecule has 8 heteroatoms. The fourth-order valence-corrected chi connectivity index (χ4v) is 4.51. The van der Waals surface area contributed by atoms with Crippen molar-refractivity contribution in [1.29, 1.82) is 0 Å². The van der Waals surface area contributed by atoms with E-state index in [4.69, 9.17) is 9.47 Å². The number of amides is 2. The molecular formula is C33H48N2O6. The monoisotopic (exact) mass is 568 g/mol. The zero-order valence-corrected chi connectivity index (χ0v) is 26.1. The highest BCUT2D eigenvalue weighted by molar-refractivity contribution is 5.90. The van der Waals surface area contributed by atoms with Gasteiger partial charge in [0.25, 0.3) is 0 Å². The molecule has 2 amide bonds. The van der Waals surface area contributed by atoms with Crippen molar-refractivity contribution in [3.05, 3.63) is 64.7 Å². The first-order valence-corrected chi connectivity index (χ1v) is 14.3. The van der Waals surface area contributed by atoms with Crippen LogP contribution in [0.2, 0.25) is 0 Å².